The van der Waals surface area contributed by atoms with Crippen LogP contribution in [0.4, 0.5) is 4.39 Å². The Kier molecular flexibility index (Phi) is 9.54. The van der Waals surface area contributed by atoms with Gasteiger partial charge >= 0.3 is 5.97 Å². The van der Waals surface area contributed by atoms with Crippen LogP contribution < -0.4 is 5.32 Å². The molecule has 1 aromatic rings. The van der Waals surface area contributed by atoms with E-state index >= 15 is 0 Å². The Balaban J connectivity index is 1.88. The summed E-state index contributed by atoms with van der Waals surface area (Å²) >= 11 is 0. The molecular weight excluding hydrogens is 485 g/mol. The second kappa shape index (κ2) is 12.8. The predicted molar refractivity (Wildman–Crippen MR) is 149 cm³/mol. The largest absolute Gasteiger partial charge is 0.463 e. The molecule has 1 saturated heterocycles. The molecule has 1 amide bonds. The van der Waals surface area contributed by atoms with E-state index in [2.05, 4.69) is 16.9 Å². The van der Waals surface area contributed by atoms with Crippen LogP contribution in [-0.4, -0.2) is 66.4 Å². The quantitative estimate of drug-likeness (QED) is 0.303. The van der Waals surface area contributed by atoms with Gasteiger partial charge in [-0.1, -0.05) is 25.6 Å². The van der Waals surface area contributed by atoms with Gasteiger partial charge in [-0.05, 0) is 61.8 Å². The lowest BCUT2D eigenvalue weighted by atomic mass is 10.0. The highest BCUT2D eigenvalue weighted by Gasteiger charge is 2.30. The SMILES string of the molecule is C=C(/C=C1/N=C(C(=O)N2CCN/C(=C\C=N)C2C)C=C(CC)N1C)c1ccc(/C=C/C(=O)OCC)cc1F. The minimum atomic E-state index is -0.497. The topological polar surface area (TPSA) is 98.1 Å². The van der Waals surface area contributed by atoms with E-state index in [0.717, 1.165) is 11.4 Å². The molecule has 0 spiro atoms. The minimum absolute atomic E-state index is 0.214. The van der Waals surface area contributed by atoms with Crippen molar-refractivity contribution < 1.29 is 18.7 Å². The van der Waals surface area contributed by atoms with Crippen LogP contribution in [0.1, 0.15) is 38.3 Å². The molecule has 2 aliphatic heterocycles. The number of allylic oxidation sites excluding steroid dienone is 4. The molecule has 1 atom stereocenters. The number of ether oxygens (including phenoxy) is 1. The third kappa shape index (κ3) is 6.53. The molecule has 3 rings (SSSR count). The Morgan fingerprint density at radius 3 is 2.76 bits per heavy atom. The fourth-order valence-corrected chi connectivity index (χ4v) is 4.24. The number of rotatable bonds is 8. The molecule has 0 bridgehead atoms. The van der Waals surface area contributed by atoms with Gasteiger partial charge in [-0.2, -0.15) is 0 Å². The Labute approximate surface area is 223 Å². The number of carbonyl (C=O) groups excluding carboxylic acids is 2. The van der Waals surface area contributed by atoms with E-state index in [1.165, 1.54) is 24.4 Å². The molecular formula is C29H34FN5O3. The van der Waals surface area contributed by atoms with Crippen LogP contribution in [0.3, 0.4) is 0 Å². The minimum Gasteiger partial charge on any atom is -0.463 e. The van der Waals surface area contributed by atoms with Crippen LogP contribution in [0.25, 0.3) is 11.6 Å². The summed E-state index contributed by atoms with van der Waals surface area (Å²) in [6, 6.07) is 4.36. The molecule has 0 radical (unpaired) electrons. The van der Waals surface area contributed by atoms with Gasteiger partial charge in [0.25, 0.3) is 5.91 Å². The van der Waals surface area contributed by atoms with Crippen LogP contribution in [-0.2, 0) is 14.3 Å². The van der Waals surface area contributed by atoms with E-state index in [4.69, 9.17) is 10.1 Å². The maximum absolute atomic E-state index is 15.0. The van der Waals surface area contributed by atoms with Gasteiger partial charge in [-0.25, -0.2) is 14.2 Å². The fraction of sp³-hybridized carbons (Fsp3) is 0.310. The van der Waals surface area contributed by atoms with E-state index in [0.29, 0.717) is 42.2 Å². The Morgan fingerprint density at radius 2 is 2.11 bits per heavy atom. The molecule has 9 heteroatoms. The van der Waals surface area contributed by atoms with Crippen molar-refractivity contribution in [2.75, 3.05) is 26.7 Å². The zero-order valence-electron chi connectivity index (χ0n) is 22.3. The van der Waals surface area contributed by atoms with Gasteiger partial charge in [-0.3, -0.25) is 4.79 Å². The van der Waals surface area contributed by atoms with Gasteiger partial charge in [-0.15, -0.1) is 0 Å². The monoisotopic (exact) mass is 519 g/mol. The van der Waals surface area contributed by atoms with Gasteiger partial charge < -0.3 is 25.3 Å². The lowest BCUT2D eigenvalue weighted by Gasteiger charge is -2.37. The molecule has 2 N–H and O–H groups in total. The number of aliphatic imine (C=N–C) groups is 1. The Morgan fingerprint density at radius 1 is 1.34 bits per heavy atom. The van der Waals surface area contributed by atoms with E-state index in [9.17, 15) is 14.0 Å². The second-order valence-electron chi connectivity index (χ2n) is 8.79. The number of nitrogens with zero attached hydrogens (tertiary/aromatic N) is 3. The maximum atomic E-state index is 15.0. The Hall–Kier alpha value is -4.27. The van der Waals surface area contributed by atoms with Gasteiger partial charge in [0.05, 0.1) is 12.6 Å². The molecule has 1 unspecified atom stereocenters. The zero-order chi connectivity index (χ0) is 27.8. The predicted octanol–water partition coefficient (Wildman–Crippen LogP) is 4.29. The normalized spacial score (nSPS) is 19.8. The summed E-state index contributed by atoms with van der Waals surface area (Å²) in [5.74, 6) is -0.731. The first-order valence-corrected chi connectivity index (χ1v) is 12.5. The molecule has 2 aliphatic rings. The van der Waals surface area contributed by atoms with Crippen molar-refractivity contribution in [1.29, 1.82) is 5.41 Å². The average molecular weight is 520 g/mol. The van der Waals surface area contributed by atoms with Crippen LogP contribution >= 0.6 is 0 Å². The summed E-state index contributed by atoms with van der Waals surface area (Å²) in [5.41, 5.74) is 3.17. The van der Waals surface area contributed by atoms with E-state index in [-0.39, 0.29) is 24.1 Å². The summed E-state index contributed by atoms with van der Waals surface area (Å²) in [4.78, 5) is 33.2. The van der Waals surface area contributed by atoms with Crippen molar-refractivity contribution >= 4 is 35.5 Å². The number of carbonyl (C=O) groups is 2. The van der Waals surface area contributed by atoms with Gasteiger partial charge in [0, 0.05) is 49.4 Å². The fourth-order valence-electron chi connectivity index (χ4n) is 4.24. The van der Waals surface area contributed by atoms with Crippen LogP contribution in [0.15, 0.2) is 71.3 Å². The molecule has 0 aliphatic carbocycles. The number of halogens is 1. The van der Waals surface area contributed by atoms with Crippen molar-refractivity contribution in [3.05, 3.63) is 83.2 Å². The molecule has 0 aromatic heterocycles. The molecule has 1 fully saturated rings. The van der Waals surface area contributed by atoms with Crippen molar-refractivity contribution in [2.24, 2.45) is 4.99 Å². The van der Waals surface area contributed by atoms with Crippen LogP contribution in [0, 0.1) is 11.2 Å². The summed E-state index contributed by atoms with van der Waals surface area (Å²) in [7, 11) is 1.84. The van der Waals surface area contributed by atoms with Crippen molar-refractivity contribution in [2.45, 2.75) is 33.2 Å². The van der Waals surface area contributed by atoms with E-state index < -0.39 is 11.8 Å². The molecule has 200 valence electrons. The lowest BCUT2D eigenvalue weighted by Crippen LogP contribution is -2.53. The number of nitrogens with one attached hydrogen (secondary N) is 2. The maximum Gasteiger partial charge on any atom is 0.330 e. The number of hydrogen-bond donors (Lipinski definition) is 2. The highest BCUT2D eigenvalue weighted by molar-refractivity contribution is 6.44. The van der Waals surface area contributed by atoms with E-state index in [1.807, 2.05) is 25.8 Å². The number of benzene rings is 1. The van der Waals surface area contributed by atoms with Crippen molar-refractivity contribution in [3.8, 4) is 0 Å². The van der Waals surface area contributed by atoms with Crippen LogP contribution in [0.2, 0.25) is 0 Å². The van der Waals surface area contributed by atoms with Gasteiger partial charge in [0.1, 0.15) is 17.3 Å². The smallest absolute Gasteiger partial charge is 0.330 e. The molecule has 38 heavy (non-hydrogen) atoms. The second-order valence-corrected chi connectivity index (χ2v) is 8.79. The van der Waals surface area contributed by atoms with Gasteiger partial charge in [0.2, 0.25) is 0 Å². The molecule has 0 saturated carbocycles. The first-order chi connectivity index (χ1) is 18.2. The summed E-state index contributed by atoms with van der Waals surface area (Å²) in [5, 5.41) is 10.6. The zero-order valence-corrected chi connectivity index (χ0v) is 22.3. The first kappa shape index (κ1) is 28.3. The van der Waals surface area contributed by atoms with E-state index in [1.54, 1.807) is 42.2 Å². The van der Waals surface area contributed by atoms with Crippen LogP contribution in [0.5, 0.6) is 0 Å². The molecule has 8 nitrogen and oxygen atoms in total. The summed E-state index contributed by atoms with van der Waals surface area (Å²) in [6.45, 7) is 11.0. The number of esters is 1. The summed E-state index contributed by atoms with van der Waals surface area (Å²) < 4.78 is 19.8. The Bertz CT molecular complexity index is 1270. The number of piperazine rings is 1. The highest BCUT2D eigenvalue weighted by Crippen LogP contribution is 2.27. The molecule has 1 aromatic carbocycles. The third-order valence-electron chi connectivity index (χ3n) is 6.36. The highest BCUT2D eigenvalue weighted by atomic mass is 19.1. The van der Waals surface area contributed by atoms with Gasteiger partial charge in [0.15, 0.2) is 0 Å². The number of hydrogen-bond acceptors (Lipinski definition) is 7. The lowest BCUT2D eigenvalue weighted by molar-refractivity contribution is -0.137. The average Bonchev–Trinajstić information content (AvgIpc) is 2.89. The summed E-state index contributed by atoms with van der Waals surface area (Å²) in [6.07, 6.45) is 9.69. The number of amides is 1. The third-order valence-corrected chi connectivity index (χ3v) is 6.36. The first-order valence-electron chi connectivity index (χ1n) is 12.5. The standard InChI is InChI=1S/C29H34FN5O3/c1-6-22-18-26(29(37)35-15-14-32-25(12-13-31)20(35)4)33-27(34(22)5)16-19(3)23-10-8-21(17-24(23)30)9-11-28(36)38-7-2/h8-13,16-18,20,31-32H,3,6-7,14-15H2,1-2,4-5H3/b11-9+,25-12-,27-16-,31-13?. The molecule has 2 heterocycles. The van der Waals surface area contributed by atoms with Crippen molar-refractivity contribution in [3.63, 3.8) is 0 Å². The van der Waals surface area contributed by atoms with Crippen molar-refractivity contribution in [1.82, 2.24) is 15.1 Å².